The molecular weight excluding hydrogens is 408 g/mol. The molecule has 3 N–H and O–H groups in total. The van der Waals surface area contributed by atoms with Gasteiger partial charge in [0.2, 0.25) is 5.91 Å². The highest BCUT2D eigenvalue weighted by Gasteiger charge is 2.44. The number of alkyl carbamates (subject to hydrolysis) is 1. The lowest BCUT2D eigenvalue weighted by Crippen LogP contribution is -2.45. The second-order valence-electron chi connectivity index (χ2n) is 8.88. The molecule has 0 unspecified atom stereocenters. The number of benzene rings is 2. The number of carbonyl (C=O) groups excluding carboxylic acids is 2. The molecule has 0 radical (unpaired) electrons. The van der Waals surface area contributed by atoms with E-state index in [0.717, 1.165) is 11.1 Å². The van der Waals surface area contributed by atoms with E-state index in [0.29, 0.717) is 13.0 Å². The largest absolute Gasteiger partial charge is 0.480 e. The molecule has 32 heavy (non-hydrogen) atoms. The number of fused-ring (bicyclic) bond motifs is 3. The maximum Gasteiger partial charge on any atom is 0.407 e. The van der Waals surface area contributed by atoms with E-state index in [9.17, 15) is 19.5 Å². The smallest absolute Gasteiger partial charge is 0.407 e. The van der Waals surface area contributed by atoms with Crippen LogP contribution in [-0.2, 0) is 14.3 Å². The Hall–Kier alpha value is -3.35. The minimum Gasteiger partial charge on any atom is -0.480 e. The summed E-state index contributed by atoms with van der Waals surface area (Å²) in [5.74, 6) is -1.79. The van der Waals surface area contributed by atoms with E-state index in [-0.39, 0.29) is 36.2 Å². The Morgan fingerprint density at radius 3 is 2.19 bits per heavy atom. The summed E-state index contributed by atoms with van der Waals surface area (Å²) in [4.78, 5) is 35.8. The van der Waals surface area contributed by atoms with Gasteiger partial charge in [0.15, 0.2) is 0 Å². The van der Waals surface area contributed by atoms with Gasteiger partial charge in [-0.15, -0.1) is 0 Å². The van der Waals surface area contributed by atoms with Crippen molar-refractivity contribution in [1.29, 1.82) is 0 Å². The zero-order chi connectivity index (χ0) is 22.8. The third kappa shape index (κ3) is 4.47. The zero-order valence-corrected chi connectivity index (χ0v) is 18.2. The molecule has 2 aliphatic carbocycles. The first-order chi connectivity index (χ1) is 15.4. The number of ether oxygens (including phenoxy) is 1. The summed E-state index contributed by atoms with van der Waals surface area (Å²) in [7, 11) is 0. The van der Waals surface area contributed by atoms with Crippen LogP contribution in [0.1, 0.15) is 37.3 Å². The molecule has 0 aliphatic heterocycles. The van der Waals surface area contributed by atoms with Gasteiger partial charge in [-0.05, 0) is 40.5 Å². The fourth-order valence-electron chi connectivity index (χ4n) is 4.43. The first-order valence-corrected chi connectivity index (χ1v) is 11.0. The molecule has 0 heterocycles. The number of rotatable bonds is 8. The highest BCUT2D eigenvalue weighted by Crippen LogP contribution is 2.44. The molecule has 2 aliphatic rings. The molecule has 0 saturated heterocycles. The van der Waals surface area contributed by atoms with Gasteiger partial charge < -0.3 is 20.5 Å². The zero-order valence-electron chi connectivity index (χ0n) is 18.2. The first-order valence-electron chi connectivity index (χ1n) is 11.0. The third-order valence-corrected chi connectivity index (χ3v) is 6.34. The van der Waals surface area contributed by atoms with E-state index in [1.807, 2.05) is 24.3 Å². The molecular formula is C25H28N2O5. The summed E-state index contributed by atoms with van der Waals surface area (Å²) in [6, 6.07) is 15.4. The minimum atomic E-state index is -1.04. The van der Waals surface area contributed by atoms with Crippen molar-refractivity contribution in [3.63, 3.8) is 0 Å². The van der Waals surface area contributed by atoms with E-state index < -0.39 is 18.1 Å². The monoisotopic (exact) mass is 436 g/mol. The van der Waals surface area contributed by atoms with Crippen LogP contribution in [0.25, 0.3) is 11.1 Å². The van der Waals surface area contributed by atoms with Gasteiger partial charge in [-0.2, -0.15) is 0 Å². The summed E-state index contributed by atoms with van der Waals surface area (Å²) in [6.45, 7) is 4.07. The van der Waals surface area contributed by atoms with Crippen LogP contribution in [0.2, 0.25) is 0 Å². The van der Waals surface area contributed by atoms with Crippen LogP contribution in [0.15, 0.2) is 48.5 Å². The van der Waals surface area contributed by atoms with Gasteiger partial charge in [0.1, 0.15) is 12.6 Å². The number of nitrogens with one attached hydrogen (secondary N) is 2. The van der Waals surface area contributed by atoms with E-state index in [4.69, 9.17) is 4.74 Å². The minimum absolute atomic E-state index is 0.00269. The van der Waals surface area contributed by atoms with Gasteiger partial charge in [-0.1, -0.05) is 62.4 Å². The number of aliphatic carboxylic acids is 1. The van der Waals surface area contributed by atoms with Crippen LogP contribution in [-0.4, -0.2) is 42.3 Å². The van der Waals surface area contributed by atoms with Crippen LogP contribution in [0, 0.1) is 17.8 Å². The van der Waals surface area contributed by atoms with Crippen molar-refractivity contribution in [2.24, 2.45) is 17.8 Å². The van der Waals surface area contributed by atoms with Gasteiger partial charge in [-0.25, -0.2) is 9.59 Å². The van der Waals surface area contributed by atoms with Crippen molar-refractivity contribution in [1.82, 2.24) is 10.6 Å². The van der Waals surface area contributed by atoms with E-state index in [2.05, 4.69) is 34.9 Å². The molecule has 4 rings (SSSR count). The Bertz CT molecular complexity index is 989. The van der Waals surface area contributed by atoms with Gasteiger partial charge in [-0.3, -0.25) is 4.79 Å². The first kappa shape index (κ1) is 21.9. The Morgan fingerprint density at radius 2 is 1.62 bits per heavy atom. The van der Waals surface area contributed by atoms with E-state index >= 15 is 0 Å². The van der Waals surface area contributed by atoms with E-state index in [1.54, 1.807) is 13.8 Å². The Morgan fingerprint density at radius 1 is 1.03 bits per heavy atom. The number of hydrogen-bond acceptors (Lipinski definition) is 4. The Kier molecular flexibility index (Phi) is 6.17. The summed E-state index contributed by atoms with van der Waals surface area (Å²) in [5, 5.41) is 14.6. The van der Waals surface area contributed by atoms with Crippen LogP contribution in [0.5, 0.6) is 0 Å². The maximum absolute atomic E-state index is 12.3. The highest BCUT2D eigenvalue weighted by atomic mass is 16.5. The molecule has 7 heteroatoms. The van der Waals surface area contributed by atoms with Crippen LogP contribution < -0.4 is 10.6 Å². The average molecular weight is 437 g/mol. The quantitative estimate of drug-likeness (QED) is 0.588. The van der Waals surface area contributed by atoms with Gasteiger partial charge in [0, 0.05) is 18.4 Å². The van der Waals surface area contributed by atoms with Crippen LogP contribution in [0.3, 0.4) is 0 Å². The highest BCUT2D eigenvalue weighted by molar-refractivity contribution is 5.87. The van der Waals surface area contributed by atoms with E-state index in [1.165, 1.54) is 11.1 Å². The lowest BCUT2D eigenvalue weighted by atomic mass is 9.98. The molecule has 7 nitrogen and oxygen atoms in total. The topological polar surface area (TPSA) is 105 Å². The molecule has 0 spiro atoms. The second-order valence-corrected chi connectivity index (χ2v) is 8.88. The molecule has 0 aromatic heterocycles. The standard InChI is InChI=1S/C25H28N2O5/c1-14(2)22(24(29)30)27-23(28)20-11-15(20)12-26-25(31)32-13-21-18-9-5-3-7-16(18)17-8-4-6-10-19(17)21/h3-10,14-15,20-22H,11-13H2,1-2H3,(H,26,31)(H,27,28)(H,29,30)/t15-,20-,22+/m0/s1. The predicted molar refractivity (Wildman–Crippen MR) is 119 cm³/mol. The van der Waals surface area contributed by atoms with Crippen molar-refractivity contribution in [3.8, 4) is 11.1 Å². The molecule has 2 aromatic rings. The molecule has 3 atom stereocenters. The molecule has 1 saturated carbocycles. The summed E-state index contributed by atoms with van der Waals surface area (Å²) in [5.41, 5.74) is 4.65. The predicted octanol–water partition coefficient (Wildman–Crippen LogP) is 3.39. The Balaban J connectivity index is 1.26. The third-order valence-electron chi connectivity index (χ3n) is 6.34. The summed E-state index contributed by atoms with van der Waals surface area (Å²) in [6.07, 6.45) is 0.114. The van der Waals surface area contributed by atoms with Gasteiger partial charge >= 0.3 is 12.1 Å². The Labute approximate surface area is 187 Å². The van der Waals surface area contributed by atoms with Crippen LogP contribution in [0.4, 0.5) is 4.79 Å². The number of amides is 2. The molecule has 1 fully saturated rings. The van der Waals surface area contributed by atoms with Gasteiger partial charge in [0.05, 0.1) is 0 Å². The molecule has 2 amide bonds. The number of carboxylic acids is 1. The number of carbonyl (C=O) groups is 3. The average Bonchev–Trinajstić information content (AvgIpc) is 3.49. The molecule has 0 bridgehead atoms. The van der Waals surface area contributed by atoms with Crippen molar-refractivity contribution >= 4 is 18.0 Å². The summed E-state index contributed by atoms with van der Waals surface area (Å²) < 4.78 is 5.51. The number of hydrogen-bond donors (Lipinski definition) is 3. The van der Waals surface area contributed by atoms with Crippen molar-refractivity contribution in [2.75, 3.05) is 13.2 Å². The maximum atomic E-state index is 12.3. The normalized spacial score (nSPS) is 19.6. The fraction of sp³-hybridized carbons (Fsp3) is 0.400. The number of carboxylic acid groups (broad SMARTS) is 1. The van der Waals surface area contributed by atoms with Crippen molar-refractivity contribution < 1.29 is 24.2 Å². The molecule has 2 aromatic carbocycles. The van der Waals surface area contributed by atoms with Crippen molar-refractivity contribution in [2.45, 2.75) is 32.2 Å². The van der Waals surface area contributed by atoms with Crippen LogP contribution >= 0.6 is 0 Å². The summed E-state index contributed by atoms with van der Waals surface area (Å²) >= 11 is 0. The SMILES string of the molecule is CC(C)[C@@H](NC(=O)[C@H]1C[C@H]1CNC(=O)OCC1c2ccccc2-c2ccccc21)C(=O)O. The lowest BCUT2D eigenvalue weighted by Gasteiger charge is -2.18. The molecule has 168 valence electrons. The lowest BCUT2D eigenvalue weighted by molar-refractivity contribution is -0.143. The van der Waals surface area contributed by atoms with Gasteiger partial charge in [0.25, 0.3) is 0 Å². The fourth-order valence-corrected chi connectivity index (χ4v) is 4.43. The van der Waals surface area contributed by atoms with Crippen molar-refractivity contribution in [3.05, 3.63) is 59.7 Å². The second kappa shape index (κ2) is 9.02.